The zero-order chi connectivity index (χ0) is 15.4. The van der Waals surface area contributed by atoms with Crippen LogP contribution in [0.3, 0.4) is 0 Å². The maximum absolute atomic E-state index is 12.4. The van der Waals surface area contributed by atoms with Gasteiger partial charge in [0.15, 0.2) is 0 Å². The van der Waals surface area contributed by atoms with Crippen molar-refractivity contribution in [3.8, 4) is 17.9 Å². The lowest BCUT2D eigenvalue weighted by molar-refractivity contribution is 0.0800. The van der Waals surface area contributed by atoms with Gasteiger partial charge in [-0.1, -0.05) is 6.07 Å². The van der Waals surface area contributed by atoms with Crippen molar-refractivity contribution in [2.24, 2.45) is 0 Å². The summed E-state index contributed by atoms with van der Waals surface area (Å²) < 4.78 is 6.08. The molecule has 2 rings (SSSR count). The lowest BCUT2D eigenvalue weighted by atomic mass is 10.2. The van der Waals surface area contributed by atoms with Gasteiger partial charge in [0, 0.05) is 4.70 Å². The maximum Gasteiger partial charge on any atom is 0.267 e. The highest BCUT2D eigenvalue weighted by Gasteiger charge is 2.23. The minimum atomic E-state index is -0.418. The number of fused-ring (bicyclic) bond motifs is 1. The molecule has 0 aliphatic heterocycles. The summed E-state index contributed by atoms with van der Waals surface area (Å²) in [4.78, 5) is 13.9. The first-order valence-corrected chi connectivity index (χ1v) is 6.83. The van der Waals surface area contributed by atoms with Gasteiger partial charge in [0.2, 0.25) is 0 Å². The van der Waals surface area contributed by atoms with Crippen LogP contribution in [0.4, 0.5) is 5.69 Å². The number of thiophene rings is 1. The molecule has 0 aliphatic rings. The maximum atomic E-state index is 12.4. The van der Waals surface area contributed by atoms with Crippen molar-refractivity contribution in [3.05, 3.63) is 23.1 Å². The van der Waals surface area contributed by atoms with Crippen molar-refractivity contribution in [2.75, 3.05) is 25.9 Å². The SMILES string of the molecule is COc1cccc2sc(C(=O)N(CC#N)CC#N)c(N)c12. The number of ether oxygens (including phenoxy) is 1. The number of nitriles is 2. The molecule has 0 aliphatic carbocycles. The number of rotatable bonds is 4. The Morgan fingerprint density at radius 3 is 2.62 bits per heavy atom. The molecule has 2 N–H and O–H groups in total. The first-order valence-electron chi connectivity index (χ1n) is 6.02. The second kappa shape index (κ2) is 6.12. The number of nitrogens with two attached hydrogens (primary N) is 1. The molecule has 1 aromatic carbocycles. The van der Waals surface area contributed by atoms with Gasteiger partial charge >= 0.3 is 0 Å². The molecule has 0 fully saturated rings. The molecule has 1 aromatic heterocycles. The normalized spacial score (nSPS) is 9.86. The minimum absolute atomic E-state index is 0.156. The highest BCUT2D eigenvalue weighted by Crippen LogP contribution is 2.39. The summed E-state index contributed by atoms with van der Waals surface area (Å²) in [5.74, 6) is 0.172. The Kier molecular flexibility index (Phi) is 4.27. The first kappa shape index (κ1) is 14.6. The topological polar surface area (TPSA) is 103 Å². The lowest BCUT2D eigenvalue weighted by Crippen LogP contribution is -2.31. The zero-order valence-corrected chi connectivity index (χ0v) is 12.1. The first-order chi connectivity index (χ1) is 10.1. The minimum Gasteiger partial charge on any atom is -0.496 e. The van der Waals surface area contributed by atoms with Crippen LogP contribution in [0, 0.1) is 22.7 Å². The van der Waals surface area contributed by atoms with Crippen molar-refractivity contribution >= 4 is 33.0 Å². The fourth-order valence-electron chi connectivity index (χ4n) is 1.98. The summed E-state index contributed by atoms with van der Waals surface area (Å²) in [6, 6.07) is 9.17. The molecule has 0 atom stereocenters. The van der Waals surface area contributed by atoms with Gasteiger partial charge in [-0.25, -0.2) is 0 Å². The summed E-state index contributed by atoms with van der Waals surface area (Å²) in [6.07, 6.45) is 0. The van der Waals surface area contributed by atoms with E-state index in [0.29, 0.717) is 21.7 Å². The Morgan fingerprint density at radius 2 is 2.05 bits per heavy atom. The molecule has 0 spiro atoms. The Bertz CT molecular complexity index is 754. The smallest absolute Gasteiger partial charge is 0.267 e. The molecule has 1 heterocycles. The lowest BCUT2D eigenvalue weighted by Gasteiger charge is -2.14. The molecular formula is C14H12N4O2S. The van der Waals surface area contributed by atoms with Crippen LogP contribution in [0.25, 0.3) is 10.1 Å². The van der Waals surface area contributed by atoms with E-state index in [1.54, 1.807) is 6.07 Å². The fraction of sp³-hybridized carbons (Fsp3) is 0.214. The Balaban J connectivity index is 2.52. The van der Waals surface area contributed by atoms with E-state index in [1.165, 1.54) is 18.4 Å². The number of hydrogen-bond acceptors (Lipinski definition) is 6. The van der Waals surface area contributed by atoms with E-state index in [4.69, 9.17) is 21.0 Å². The number of benzene rings is 1. The predicted molar refractivity (Wildman–Crippen MR) is 79.9 cm³/mol. The predicted octanol–water partition coefficient (Wildman–Crippen LogP) is 1.98. The Hall–Kier alpha value is -2.77. The van der Waals surface area contributed by atoms with Crippen molar-refractivity contribution < 1.29 is 9.53 Å². The summed E-state index contributed by atoms with van der Waals surface area (Å²) in [7, 11) is 1.53. The molecular weight excluding hydrogens is 288 g/mol. The monoisotopic (exact) mass is 300 g/mol. The van der Waals surface area contributed by atoms with E-state index in [-0.39, 0.29) is 13.1 Å². The number of carbonyl (C=O) groups is 1. The number of nitrogens with zero attached hydrogens (tertiary/aromatic N) is 3. The average Bonchev–Trinajstić information content (AvgIpc) is 2.83. The van der Waals surface area contributed by atoms with Crippen LogP contribution >= 0.6 is 11.3 Å². The number of methoxy groups -OCH3 is 1. The van der Waals surface area contributed by atoms with Crippen LogP contribution in [-0.4, -0.2) is 31.0 Å². The van der Waals surface area contributed by atoms with E-state index in [2.05, 4.69) is 0 Å². The van der Waals surface area contributed by atoms with Gasteiger partial charge < -0.3 is 15.4 Å². The third-order valence-electron chi connectivity index (χ3n) is 2.94. The van der Waals surface area contributed by atoms with Crippen molar-refractivity contribution in [3.63, 3.8) is 0 Å². The van der Waals surface area contributed by atoms with Gasteiger partial charge in [0.25, 0.3) is 5.91 Å². The highest BCUT2D eigenvalue weighted by atomic mass is 32.1. The van der Waals surface area contributed by atoms with Gasteiger partial charge in [-0.3, -0.25) is 4.79 Å². The molecule has 1 amide bonds. The van der Waals surface area contributed by atoms with Crippen LogP contribution in [0.2, 0.25) is 0 Å². The van der Waals surface area contributed by atoms with E-state index in [9.17, 15) is 4.79 Å². The number of anilines is 1. The van der Waals surface area contributed by atoms with Gasteiger partial charge in [0.05, 0.1) is 30.3 Å². The van der Waals surface area contributed by atoms with Crippen molar-refractivity contribution in [2.45, 2.75) is 0 Å². The molecule has 0 radical (unpaired) electrons. The number of nitrogen functional groups attached to an aromatic ring is 1. The summed E-state index contributed by atoms with van der Waals surface area (Å²) in [6.45, 7) is -0.311. The van der Waals surface area contributed by atoms with E-state index in [1.807, 2.05) is 24.3 Å². The second-order valence-electron chi connectivity index (χ2n) is 4.16. The average molecular weight is 300 g/mol. The van der Waals surface area contributed by atoms with E-state index >= 15 is 0 Å². The molecule has 2 aromatic rings. The molecule has 0 unspecified atom stereocenters. The molecule has 0 bridgehead atoms. The van der Waals surface area contributed by atoms with Crippen molar-refractivity contribution in [1.29, 1.82) is 10.5 Å². The van der Waals surface area contributed by atoms with Crippen LogP contribution in [-0.2, 0) is 0 Å². The molecule has 0 saturated carbocycles. The second-order valence-corrected chi connectivity index (χ2v) is 5.21. The van der Waals surface area contributed by atoms with Crippen LogP contribution in [0.5, 0.6) is 5.75 Å². The highest BCUT2D eigenvalue weighted by molar-refractivity contribution is 7.21. The van der Waals surface area contributed by atoms with Gasteiger partial charge in [-0.15, -0.1) is 11.3 Å². The third-order valence-corrected chi connectivity index (χ3v) is 4.10. The Morgan fingerprint density at radius 1 is 1.38 bits per heavy atom. The fourth-order valence-corrected chi connectivity index (χ4v) is 3.09. The summed E-state index contributed by atoms with van der Waals surface area (Å²) in [5, 5.41) is 18.2. The molecule has 106 valence electrons. The van der Waals surface area contributed by atoms with Gasteiger partial charge in [-0.2, -0.15) is 10.5 Å². The molecule has 7 heteroatoms. The van der Waals surface area contributed by atoms with Crippen LogP contribution in [0.15, 0.2) is 18.2 Å². The van der Waals surface area contributed by atoms with Gasteiger partial charge in [0.1, 0.15) is 23.7 Å². The number of carbonyl (C=O) groups excluding carboxylic acids is 1. The third kappa shape index (κ3) is 2.60. The van der Waals surface area contributed by atoms with Crippen LogP contribution in [0.1, 0.15) is 9.67 Å². The van der Waals surface area contributed by atoms with Crippen LogP contribution < -0.4 is 10.5 Å². The summed E-state index contributed by atoms with van der Waals surface area (Å²) >= 11 is 1.23. The van der Waals surface area contributed by atoms with Crippen molar-refractivity contribution in [1.82, 2.24) is 4.90 Å². The van der Waals surface area contributed by atoms with E-state index in [0.717, 1.165) is 9.60 Å². The molecule has 21 heavy (non-hydrogen) atoms. The largest absolute Gasteiger partial charge is 0.496 e. The van der Waals surface area contributed by atoms with Gasteiger partial charge in [-0.05, 0) is 12.1 Å². The quantitative estimate of drug-likeness (QED) is 0.869. The molecule has 0 saturated heterocycles. The number of amides is 1. The number of hydrogen-bond donors (Lipinski definition) is 1. The standard InChI is InChI=1S/C14H12N4O2S/c1-20-9-3-2-4-10-11(9)12(17)13(21-10)14(19)18(7-5-15)8-6-16/h2-4H,7-8,17H2,1H3. The zero-order valence-electron chi connectivity index (χ0n) is 11.3. The molecule has 6 nitrogen and oxygen atoms in total. The summed E-state index contributed by atoms with van der Waals surface area (Å²) in [5.41, 5.74) is 6.38. The van der Waals surface area contributed by atoms with E-state index < -0.39 is 5.91 Å². The Labute approximate surface area is 125 Å².